The molecule has 0 aromatic carbocycles. The molecule has 2 aromatic rings. The Hall–Kier alpha value is -2.70. The summed E-state index contributed by atoms with van der Waals surface area (Å²) in [6.07, 6.45) is 4.69. The quantitative estimate of drug-likeness (QED) is 0.838. The van der Waals surface area contributed by atoms with E-state index in [4.69, 9.17) is 4.74 Å². The molecule has 0 spiro atoms. The zero-order valence-electron chi connectivity index (χ0n) is 15.1. The monoisotopic (exact) mass is 343 g/mol. The minimum Gasteiger partial charge on any atom is -0.444 e. The summed E-state index contributed by atoms with van der Waals surface area (Å²) in [5.41, 5.74) is 1.03. The first kappa shape index (κ1) is 18.6. The number of nitrogens with one attached hydrogen (secondary N) is 2. The van der Waals surface area contributed by atoms with Gasteiger partial charge in [0.2, 0.25) is 0 Å². The molecule has 7 nitrogen and oxygen atoms in total. The van der Waals surface area contributed by atoms with Crippen LogP contribution in [0.2, 0.25) is 0 Å². The second kappa shape index (κ2) is 8.41. The predicted molar refractivity (Wildman–Crippen MR) is 97.2 cm³/mol. The standard InChI is InChI=1S/C18H25N5O2/c1-13(10-23-17(24)25-18(2,3)4)9-21-16-12-20-15(11-22-16)14-7-5-6-8-19-14/h5-8,11-13H,9-10H2,1-4H3,(H,21,22)(H,23,24). The molecule has 0 radical (unpaired) electrons. The van der Waals surface area contributed by atoms with Crippen LogP contribution in [-0.4, -0.2) is 39.7 Å². The van der Waals surface area contributed by atoms with Gasteiger partial charge in [0.15, 0.2) is 0 Å². The highest BCUT2D eigenvalue weighted by Crippen LogP contribution is 2.13. The van der Waals surface area contributed by atoms with Crippen LogP contribution in [0.25, 0.3) is 11.4 Å². The maximum atomic E-state index is 11.6. The van der Waals surface area contributed by atoms with E-state index in [0.717, 1.165) is 11.4 Å². The van der Waals surface area contributed by atoms with E-state index >= 15 is 0 Å². The van der Waals surface area contributed by atoms with Crippen LogP contribution >= 0.6 is 0 Å². The zero-order valence-corrected chi connectivity index (χ0v) is 15.1. The van der Waals surface area contributed by atoms with Crippen molar-refractivity contribution in [3.8, 4) is 11.4 Å². The van der Waals surface area contributed by atoms with Crippen LogP contribution in [0.4, 0.5) is 10.6 Å². The van der Waals surface area contributed by atoms with Gasteiger partial charge in [-0.1, -0.05) is 13.0 Å². The number of hydrogen-bond donors (Lipinski definition) is 2. The van der Waals surface area contributed by atoms with E-state index in [1.165, 1.54) is 0 Å². The van der Waals surface area contributed by atoms with Gasteiger partial charge in [0, 0.05) is 19.3 Å². The van der Waals surface area contributed by atoms with Crippen molar-refractivity contribution in [2.75, 3.05) is 18.4 Å². The topological polar surface area (TPSA) is 89.0 Å². The first-order chi connectivity index (χ1) is 11.8. The summed E-state index contributed by atoms with van der Waals surface area (Å²) in [7, 11) is 0. The maximum Gasteiger partial charge on any atom is 0.407 e. The lowest BCUT2D eigenvalue weighted by molar-refractivity contribution is 0.0521. The molecule has 0 aliphatic heterocycles. The SMILES string of the molecule is CC(CNC(=O)OC(C)(C)C)CNc1cnc(-c2ccccn2)cn1. The average Bonchev–Trinajstić information content (AvgIpc) is 2.58. The Morgan fingerprint density at radius 1 is 1.12 bits per heavy atom. The van der Waals surface area contributed by atoms with Crippen LogP contribution in [-0.2, 0) is 4.74 Å². The van der Waals surface area contributed by atoms with Crippen LogP contribution in [0.5, 0.6) is 0 Å². The molecule has 0 saturated carbocycles. The van der Waals surface area contributed by atoms with Gasteiger partial charge in [0.25, 0.3) is 0 Å². The largest absolute Gasteiger partial charge is 0.444 e. The lowest BCUT2D eigenvalue weighted by atomic mass is 10.2. The number of carbonyl (C=O) groups excluding carboxylic acids is 1. The highest BCUT2D eigenvalue weighted by Gasteiger charge is 2.16. The molecule has 0 aliphatic rings. The second-order valence-corrected chi connectivity index (χ2v) is 6.87. The number of nitrogens with zero attached hydrogens (tertiary/aromatic N) is 3. The predicted octanol–water partition coefficient (Wildman–Crippen LogP) is 3.11. The average molecular weight is 343 g/mol. The van der Waals surface area contributed by atoms with Crippen molar-refractivity contribution >= 4 is 11.9 Å². The van der Waals surface area contributed by atoms with Gasteiger partial charge in [0.05, 0.1) is 18.1 Å². The normalized spacial score (nSPS) is 12.3. The summed E-state index contributed by atoms with van der Waals surface area (Å²) in [6.45, 7) is 8.72. The van der Waals surface area contributed by atoms with Crippen LogP contribution in [0.15, 0.2) is 36.8 Å². The molecule has 2 aromatic heterocycles. The van der Waals surface area contributed by atoms with Gasteiger partial charge in [-0.3, -0.25) is 4.98 Å². The number of ether oxygens (including phenoxy) is 1. The fraction of sp³-hybridized carbons (Fsp3) is 0.444. The number of alkyl carbamates (subject to hydrolysis) is 1. The van der Waals surface area contributed by atoms with E-state index in [1.807, 2.05) is 45.9 Å². The van der Waals surface area contributed by atoms with Gasteiger partial charge in [0.1, 0.15) is 17.1 Å². The molecule has 1 unspecified atom stereocenters. The van der Waals surface area contributed by atoms with Crippen molar-refractivity contribution in [2.45, 2.75) is 33.3 Å². The van der Waals surface area contributed by atoms with Crippen molar-refractivity contribution in [1.82, 2.24) is 20.3 Å². The van der Waals surface area contributed by atoms with E-state index in [0.29, 0.717) is 18.9 Å². The molecule has 2 N–H and O–H groups in total. The zero-order chi connectivity index (χ0) is 18.3. The molecule has 25 heavy (non-hydrogen) atoms. The van der Waals surface area contributed by atoms with Crippen molar-refractivity contribution < 1.29 is 9.53 Å². The summed E-state index contributed by atoms with van der Waals surface area (Å²) in [4.78, 5) is 24.6. The molecule has 1 atom stereocenters. The molecule has 2 rings (SSSR count). The minimum absolute atomic E-state index is 0.213. The van der Waals surface area contributed by atoms with Gasteiger partial charge in [-0.2, -0.15) is 0 Å². The van der Waals surface area contributed by atoms with Crippen LogP contribution in [0.1, 0.15) is 27.7 Å². The molecular formula is C18H25N5O2. The summed E-state index contributed by atoms with van der Waals surface area (Å²) in [5.74, 6) is 0.897. The molecule has 0 aliphatic carbocycles. The van der Waals surface area contributed by atoms with E-state index < -0.39 is 11.7 Å². The molecule has 0 bridgehead atoms. The van der Waals surface area contributed by atoms with Gasteiger partial charge in [-0.25, -0.2) is 14.8 Å². The Morgan fingerprint density at radius 2 is 1.92 bits per heavy atom. The highest BCUT2D eigenvalue weighted by molar-refractivity contribution is 5.67. The summed E-state index contributed by atoms with van der Waals surface area (Å²) in [5, 5.41) is 5.97. The van der Waals surface area contributed by atoms with E-state index in [2.05, 4.69) is 25.6 Å². The number of hydrogen-bond acceptors (Lipinski definition) is 6. The molecule has 2 heterocycles. The Bertz CT molecular complexity index is 668. The van der Waals surface area contributed by atoms with Crippen molar-refractivity contribution in [3.63, 3.8) is 0 Å². The molecule has 7 heteroatoms. The van der Waals surface area contributed by atoms with Gasteiger partial charge >= 0.3 is 6.09 Å². The fourth-order valence-corrected chi connectivity index (χ4v) is 1.99. The number of rotatable bonds is 6. The third-order valence-electron chi connectivity index (χ3n) is 3.20. The third kappa shape index (κ3) is 6.74. The Balaban J connectivity index is 1.76. The van der Waals surface area contributed by atoms with Crippen molar-refractivity contribution in [1.29, 1.82) is 0 Å². The summed E-state index contributed by atoms with van der Waals surface area (Å²) < 4.78 is 5.21. The summed E-state index contributed by atoms with van der Waals surface area (Å²) >= 11 is 0. The maximum absolute atomic E-state index is 11.6. The van der Waals surface area contributed by atoms with Crippen LogP contribution in [0.3, 0.4) is 0 Å². The first-order valence-electron chi connectivity index (χ1n) is 8.27. The van der Waals surface area contributed by atoms with Crippen LogP contribution in [0, 0.1) is 5.92 Å². The molecule has 0 saturated heterocycles. The first-order valence-corrected chi connectivity index (χ1v) is 8.27. The van der Waals surface area contributed by atoms with Crippen molar-refractivity contribution in [2.24, 2.45) is 5.92 Å². The Kier molecular flexibility index (Phi) is 6.27. The van der Waals surface area contributed by atoms with Crippen LogP contribution < -0.4 is 10.6 Å². The van der Waals surface area contributed by atoms with E-state index in [9.17, 15) is 4.79 Å². The molecule has 134 valence electrons. The minimum atomic E-state index is -0.490. The second-order valence-electron chi connectivity index (χ2n) is 6.87. The summed E-state index contributed by atoms with van der Waals surface area (Å²) in [6, 6.07) is 5.66. The smallest absolute Gasteiger partial charge is 0.407 e. The number of anilines is 1. The third-order valence-corrected chi connectivity index (χ3v) is 3.20. The molecule has 0 fully saturated rings. The van der Waals surface area contributed by atoms with Gasteiger partial charge in [-0.15, -0.1) is 0 Å². The van der Waals surface area contributed by atoms with Crippen molar-refractivity contribution in [3.05, 3.63) is 36.8 Å². The number of amides is 1. The van der Waals surface area contributed by atoms with Gasteiger partial charge < -0.3 is 15.4 Å². The van der Waals surface area contributed by atoms with Gasteiger partial charge in [-0.05, 0) is 38.8 Å². The van der Waals surface area contributed by atoms with E-state index in [1.54, 1.807) is 18.6 Å². The number of aromatic nitrogens is 3. The molecular weight excluding hydrogens is 318 g/mol. The Morgan fingerprint density at radius 3 is 2.52 bits per heavy atom. The fourth-order valence-electron chi connectivity index (χ4n) is 1.99. The lowest BCUT2D eigenvalue weighted by Crippen LogP contribution is -2.36. The lowest BCUT2D eigenvalue weighted by Gasteiger charge is -2.21. The number of pyridine rings is 1. The van der Waals surface area contributed by atoms with E-state index in [-0.39, 0.29) is 5.92 Å². The highest BCUT2D eigenvalue weighted by atomic mass is 16.6. The Labute approximate surface area is 148 Å². The number of carbonyl (C=O) groups is 1. The molecule has 1 amide bonds.